The average molecular weight is 438 g/mol. The van der Waals surface area contributed by atoms with E-state index in [-0.39, 0.29) is 23.5 Å². The Morgan fingerprint density at radius 1 is 1.13 bits per heavy atom. The predicted octanol–water partition coefficient (Wildman–Crippen LogP) is 5.88. The Bertz CT molecular complexity index is 884. The summed E-state index contributed by atoms with van der Waals surface area (Å²) in [7, 11) is 0. The van der Waals surface area contributed by atoms with Gasteiger partial charge >= 0.3 is 12.0 Å². The molecule has 31 heavy (non-hydrogen) atoms. The van der Waals surface area contributed by atoms with Crippen LogP contribution in [0.15, 0.2) is 36.5 Å². The first-order chi connectivity index (χ1) is 14.8. The Balaban J connectivity index is 1.69. The number of hydrogen-bond acceptors (Lipinski definition) is 6. The van der Waals surface area contributed by atoms with Gasteiger partial charge in [0.1, 0.15) is 23.5 Å². The van der Waals surface area contributed by atoms with Crippen LogP contribution in [0.25, 0.3) is 0 Å². The number of para-hydroxylation sites is 1. The summed E-state index contributed by atoms with van der Waals surface area (Å²) in [6.45, 7) is 0.645. The molecule has 2 N–H and O–H groups in total. The number of nitrogens with zero attached hydrogens (tertiary/aromatic N) is 2. The van der Waals surface area contributed by atoms with Crippen molar-refractivity contribution in [3.63, 3.8) is 0 Å². The lowest BCUT2D eigenvalue weighted by molar-refractivity contribution is -0.384. The maximum Gasteiger partial charge on any atom is 0.573 e. The first-order valence-corrected chi connectivity index (χ1v) is 10.3. The maximum atomic E-state index is 12.6. The zero-order chi connectivity index (χ0) is 22.3. The van der Waals surface area contributed by atoms with Crippen LogP contribution in [0.3, 0.4) is 0 Å². The molecule has 0 bridgehead atoms. The Labute approximate surface area is 178 Å². The van der Waals surface area contributed by atoms with Crippen LogP contribution in [-0.4, -0.2) is 22.8 Å². The van der Waals surface area contributed by atoms with Crippen molar-refractivity contribution in [2.45, 2.75) is 51.4 Å². The van der Waals surface area contributed by atoms with Gasteiger partial charge in [-0.15, -0.1) is 13.2 Å². The topological polar surface area (TPSA) is 89.3 Å². The van der Waals surface area contributed by atoms with E-state index in [2.05, 4.69) is 20.4 Å². The summed E-state index contributed by atoms with van der Waals surface area (Å²) < 4.78 is 41.8. The SMILES string of the molecule is O=[N+]([O-])c1cnc(NCc2ccccc2OC(F)(F)F)cc1NCC1CCCCCC1. The van der Waals surface area contributed by atoms with E-state index < -0.39 is 11.3 Å². The number of halogens is 3. The molecular weight excluding hydrogens is 413 g/mol. The quantitative estimate of drug-likeness (QED) is 0.304. The molecule has 0 radical (unpaired) electrons. The molecule has 0 atom stereocenters. The molecule has 0 unspecified atom stereocenters. The monoisotopic (exact) mass is 438 g/mol. The molecule has 10 heteroatoms. The van der Waals surface area contributed by atoms with Gasteiger partial charge in [-0.2, -0.15) is 0 Å². The first kappa shape index (κ1) is 22.6. The molecule has 0 saturated heterocycles. The van der Waals surface area contributed by atoms with E-state index in [9.17, 15) is 23.3 Å². The number of pyridine rings is 1. The lowest BCUT2D eigenvalue weighted by atomic mass is 10.0. The van der Waals surface area contributed by atoms with Gasteiger partial charge in [0, 0.05) is 24.7 Å². The second kappa shape index (κ2) is 10.3. The number of alkyl halides is 3. The normalized spacial score (nSPS) is 15.2. The van der Waals surface area contributed by atoms with Crippen molar-refractivity contribution < 1.29 is 22.8 Å². The van der Waals surface area contributed by atoms with Crippen molar-refractivity contribution in [3.05, 3.63) is 52.2 Å². The zero-order valence-corrected chi connectivity index (χ0v) is 17.0. The second-order valence-electron chi connectivity index (χ2n) is 7.59. The minimum Gasteiger partial charge on any atom is -0.405 e. The van der Waals surface area contributed by atoms with Crippen molar-refractivity contribution in [2.75, 3.05) is 17.2 Å². The summed E-state index contributed by atoms with van der Waals surface area (Å²) in [6.07, 6.45) is 3.31. The standard InChI is InChI=1S/C21H25F3N4O3/c22-21(23,24)31-19-10-6-5-9-16(19)13-26-20-11-17(18(14-27-20)28(29)30)25-12-15-7-3-1-2-4-8-15/h5-6,9-11,14-15H,1-4,7-8,12-13H2,(H2,25,26,27). The summed E-state index contributed by atoms with van der Waals surface area (Å²) in [4.78, 5) is 14.9. The summed E-state index contributed by atoms with van der Waals surface area (Å²) in [5, 5.41) is 17.5. The first-order valence-electron chi connectivity index (χ1n) is 10.3. The van der Waals surface area contributed by atoms with Crippen molar-refractivity contribution >= 4 is 17.2 Å². The molecule has 2 aromatic rings. The molecule has 1 aromatic heterocycles. The third kappa shape index (κ3) is 7.01. The molecular formula is C21H25F3N4O3. The molecule has 1 saturated carbocycles. The van der Waals surface area contributed by atoms with Crippen LogP contribution in [0.2, 0.25) is 0 Å². The summed E-state index contributed by atoms with van der Waals surface area (Å²) in [6, 6.07) is 7.30. The number of anilines is 2. The molecule has 1 aliphatic carbocycles. The van der Waals surface area contributed by atoms with Crippen LogP contribution < -0.4 is 15.4 Å². The molecule has 0 spiro atoms. The van der Waals surface area contributed by atoms with Gasteiger partial charge in [0.25, 0.3) is 0 Å². The van der Waals surface area contributed by atoms with Gasteiger partial charge in [-0.3, -0.25) is 10.1 Å². The Morgan fingerprint density at radius 2 is 1.84 bits per heavy atom. The summed E-state index contributed by atoms with van der Waals surface area (Å²) in [5.74, 6) is 0.463. The van der Waals surface area contributed by atoms with E-state index in [4.69, 9.17) is 0 Å². The summed E-state index contributed by atoms with van der Waals surface area (Å²) in [5.41, 5.74) is 0.486. The molecule has 1 aromatic carbocycles. The molecule has 3 rings (SSSR count). The van der Waals surface area contributed by atoms with Gasteiger partial charge in [0.05, 0.1) is 4.92 Å². The second-order valence-corrected chi connectivity index (χ2v) is 7.59. The van der Waals surface area contributed by atoms with Gasteiger partial charge in [-0.05, 0) is 24.8 Å². The molecule has 168 valence electrons. The minimum atomic E-state index is -4.79. The number of hydrogen-bond donors (Lipinski definition) is 2. The van der Waals surface area contributed by atoms with Crippen LogP contribution >= 0.6 is 0 Å². The maximum absolute atomic E-state index is 12.6. The number of rotatable bonds is 8. The van der Waals surface area contributed by atoms with Gasteiger partial charge in [-0.25, -0.2) is 4.98 Å². The molecule has 7 nitrogen and oxygen atoms in total. The fourth-order valence-electron chi connectivity index (χ4n) is 3.71. The number of nitro groups is 1. The number of aromatic nitrogens is 1. The molecule has 1 heterocycles. The number of ether oxygens (including phenoxy) is 1. The smallest absolute Gasteiger partial charge is 0.405 e. The zero-order valence-electron chi connectivity index (χ0n) is 17.0. The van der Waals surface area contributed by atoms with Crippen molar-refractivity contribution in [1.82, 2.24) is 4.98 Å². The highest BCUT2D eigenvalue weighted by Gasteiger charge is 2.32. The molecule has 0 amide bonds. The van der Waals surface area contributed by atoms with Crippen LogP contribution in [0, 0.1) is 16.0 Å². The number of benzene rings is 1. The van der Waals surface area contributed by atoms with E-state index in [1.807, 2.05) is 0 Å². The van der Waals surface area contributed by atoms with E-state index in [0.29, 0.717) is 24.0 Å². The van der Waals surface area contributed by atoms with Crippen molar-refractivity contribution in [2.24, 2.45) is 5.92 Å². The van der Waals surface area contributed by atoms with E-state index >= 15 is 0 Å². The van der Waals surface area contributed by atoms with Crippen molar-refractivity contribution in [3.8, 4) is 5.75 Å². The average Bonchev–Trinajstić information content (AvgIpc) is 2.99. The highest BCUT2D eigenvalue weighted by molar-refractivity contribution is 5.65. The Hall–Kier alpha value is -3.04. The highest BCUT2D eigenvalue weighted by atomic mass is 19.4. The van der Waals surface area contributed by atoms with Gasteiger partial charge in [0.2, 0.25) is 0 Å². The van der Waals surface area contributed by atoms with Crippen LogP contribution in [-0.2, 0) is 6.54 Å². The van der Waals surface area contributed by atoms with E-state index in [0.717, 1.165) is 31.9 Å². The minimum absolute atomic E-state index is 0.0130. The molecule has 1 aliphatic rings. The number of nitrogens with one attached hydrogen (secondary N) is 2. The van der Waals surface area contributed by atoms with E-state index in [1.165, 1.54) is 37.1 Å². The van der Waals surface area contributed by atoms with Crippen LogP contribution in [0.1, 0.15) is 44.1 Å². The predicted molar refractivity (Wildman–Crippen MR) is 111 cm³/mol. The fourth-order valence-corrected chi connectivity index (χ4v) is 3.71. The van der Waals surface area contributed by atoms with Gasteiger partial charge in [0.15, 0.2) is 0 Å². The summed E-state index contributed by atoms with van der Waals surface area (Å²) >= 11 is 0. The Morgan fingerprint density at radius 3 is 2.52 bits per heavy atom. The third-order valence-corrected chi connectivity index (χ3v) is 5.29. The molecule has 0 aliphatic heterocycles. The Kier molecular flexibility index (Phi) is 7.54. The van der Waals surface area contributed by atoms with Crippen LogP contribution in [0.4, 0.5) is 30.4 Å². The lowest BCUT2D eigenvalue weighted by Gasteiger charge is -2.17. The van der Waals surface area contributed by atoms with Gasteiger partial charge in [-0.1, -0.05) is 43.9 Å². The molecule has 1 fully saturated rings. The lowest BCUT2D eigenvalue weighted by Crippen LogP contribution is -2.18. The van der Waals surface area contributed by atoms with Crippen molar-refractivity contribution in [1.29, 1.82) is 0 Å². The largest absolute Gasteiger partial charge is 0.573 e. The fraction of sp³-hybridized carbons (Fsp3) is 0.476. The third-order valence-electron chi connectivity index (χ3n) is 5.29. The van der Waals surface area contributed by atoms with Gasteiger partial charge < -0.3 is 15.4 Å². The van der Waals surface area contributed by atoms with Crippen LogP contribution in [0.5, 0.6) is 5.75 Å². The highest BCUT2D eigenvalue weighted by Crippen LogP contribution is 2.30. The van der Waals surface area contributed by atoms with E-state index in [1.54, 1.807) is 6.07 Å².